The average molecular weight is 381 g/mol. The second kappa shape index (κ2) is 6.59. The zero-order valence-corrected chi connectivity index (χ0v) is 16.6. The van der Waals surface area contributed by atoms with Gasteiger partial charge in [0.15, 0.2) is 5.78 Å². The second-order valence-electron chi connectivity index (χ2n) is 8.56. The zero-order valence-electron chi connectivity index (χ0n) is 16.6. The van der Waals surface area contributed by atoms with Crippen molar-refractivity contribution in [3.8, 4) is 11.3 Å². The molecule has 4 heteroatoms. The highest BCUT2D eigenvalue weighted by Gasteiger charge is 2.35. The van der Waals surface area contributed by atoms with E-state index in [-0.39, 0.29) is 11.2 Å². The molecule has 1 aliphatic carbocycles. The number of nitrogens with zero attached hydrogens (tertiary/aromatic N) is 1. The van der Waals surface area contributed by atoms with Crippen molar-refractivity contribution in [2.45, 2.75) is 26.7 Å². The highest BCUT2D eigenvalue weighted by molar-refractivity contribution is 6.09. The van der Waals surface area contributed by atoms with E-state index in [1.807, 2.05) is 30.3 Å². The number of aromatic amines is 1. The van der Waals surface area contributed by atoms with Crippen molar-refractivity contribution >= 4 is 27.9 Å². The lowest BCUT2D eigenvalue weighted by molar-refractivity contribution is 0.0912. The lowest BCUT2D eigenvalue weighted by Gasteiger charge is -2.28. The molecular weight excluding hydrogens is 358 g/mol. The van der Waals surface area contributed by atoms with Gasteiger partial charge in [-0.2, -0.15) is 0 Å². The van der Waals surface area contributed by atoms with Crippen molar-refractivity contribution in [3.63, 3.8) is 0 Å². The molecule has 2 aromatic heterocycles. The van der Waals surface area contributed by atoms with Crippen LogP contribution in [0.1, 0.15) is 36.3 Å². The number of ketones is 1. The van der Waals surface area contributed by atoms with Crippen LogP contribution in [0.5, 0.6) is 0 Å². The van der Waals surface area contributed by atoms with Gasteiger partial charge in [-0.05, 0) is 35.4 Å². The van der Waals surface area contributed by atoms with Crippen LogP contribution in [0, 0.1) is 5.41 Å². The molecule has 0 saturated carbocycles. The van der Waals surface area contributed by atoms with E-state index in [0.717, 1.165) is 45.7 Å². The summed E-state index contributed by atoms with van der Waals surface area (Å²) in [4.78, 5) is 20.9. The fourth-order valence-electron chi connectivity index (χ4n) is 4.39. The van der Waals surface area contributed by atoms with E-state index in [1.165, 1.54) is 5.39 Å². The van der Waals surface area contributed by atoms with Crippen LogP contribution < -0.4 is 5.32 Å². The van der Waals surface area contributed by atoms with Gasteiger partial charge in [0, 0.05) is 41.1 Å². The molecule has 2 heterocycles. The van der Waals surface area contributed by atoms with Crippen LogP contribution in [0.25, 0.3) is 22.0 Å². The minimum Gasteiger partial charge on any atom is -0.356 e. The summed E-state index contributed by atoms with van der Waals surface area (Å²) in [5.74, 6) is 0.190. The molecule has 5 rings (SSSR count). The molecule has 144 valence electrons. The van der Waals surface area contributed by atoms with E-state index in [0.29, 0.717) is 6.42 Å². The van der Waals surface area contributed by atoms with Gasteiger partial charge in [-0.1, -0.05) is 50.2 Å². The number of H-pyrrole nitrogens is 1. The minimum absolute atomic E-state index is 0.0405. The molecule has 0 bridgehead atoms. The Balaban J connectivity index is 1.71. The maximum atomic E-state index is 13.1. The van der Waals surface area contributed by atoms with Crippen molar-refractivity contribution in [2.24, 2.45) is 5.41 Å². The summed E-state index contributed by atoms with van der Waals surface area (Å²) < 4.78 is 0. The Kier molecular flexibility index (Phi) is 4.02. The lowest BCUT2D eigenvalue weighted by Crippen LogP contribution is -2.26. The molecule has 1 aliphatic rings. The van der Waals surface area contributed by atoms with Gasteiger partial charge in [-0.25, -0.2) is 0 Å². The number of rotatable bonds is 3. The molecule has 0 radical (unpaired) electrons. The van der Waals surface area contributed by atoms with Gasteiger partial charge in [0.05, 0.1) is 16.9 Å². The molecule has 29 heavy (non-hydrogen) atoms. The molecule has 4 nitrogen and oxygen atoms in total. The smallest absolute Gasteiger partial charge is 0.167 e. The summed E-state index contributed by atoms with van der Waals surface area (Å²) in [5.41, 5.74) is 5.59. The number of pyridine rings is 1. The van der Waals surface area contributed by atoms with Crippen molar-refractivity contribution in [1.82, 2.24) is 9.97 Å². The summed E-state index contributed by atoms with van der Waals surface area (Å²) in [5, 5.41) is 5.91. The van der Waals surface area contributed by atoms with Gasteiger partial charge >= 0.3 is 0 Å². The number of carbonyl (C=O) groups excluding carboxylic acids is 1. The van der Waals surface area contributed by atoms with Gasteiger partial charge < -0.3 is 10.3 Å². The molecule has 0 fully saturated rings. The predicted octanol–water partition coefficient (Wildman–Crippen LogP) is 6.13. The topological polar surface area (TPSA) is 57.8 Å². The Morgan fingerprint density at radius 2 is 1.72 bits per heavy atom. The first-order chi connectivity index (χ1) is 14.0. The third-order valence-corrected chi connectivity index (χ3v) is 5.67. The van der Waals surface area contributed by atoms with Crippen LogP contribution in [0.15, 0.2) is 67.0 Å². The fraction of sp³-hybridized carbons (Fsp3) is 0.200. The number of hydrogen-bond donors (Lipinski definition) is 2. The second-order valence-corrected chi connectivity index (χ2v) is 8.56. The number of anilines is 2. The number of hydrogen-bond acceptors (Lipinski definition) is 3. The van der Waals surface area contributed by atoms with Gasteiger partial charge in [0.1, 0.15) is 0 Å². The Labute approximate surface area is 170 Å². The summed E-state index contributed by atoms with van der Waals surface area (Å²) in [6, 6.07) is 18.4. The molecule has 0 saturated heterocycles. The Bertz CT molecular complexity index is 1220. The molecule has 0 spiro atoms. The van der Waals surface area contributed by atoms with Crippen molar-refractivity contribution in [3.05, 3.63) is 78.2 Å². The summed E-state index contributed by atoms with van der Waals surface area (Å²) in [7, 11) is 0. The third-order valence-electron chi connectivity index (χ3n) is 5.67. The van der Waals surface area contributed by atoms with E-state index < -0.39 is 0 Å². The van der Waals surface area contributed by atoms with E-state index in [2.05, 4.69) is 53.4 Å². The third kappa shape index (κ3) is 3.11. The van der Waals surface area contributed by atoms with Gasteiger partial charge in [0.2, 0.25) is 0 Å². The van der Waals surface area contributed by atoms with Crippen LogP contribution in [-0.4, -0.2) is 15.8 Å². The minimum atomic E-state index is -0.0405. The first kappa shape index (κ1) is 17.7. The maximum absolute atomic E-state index is 13.1. The summed E-state index contributed by atoms with van der Waals surface area (Å²) in [6.07, 6.45) is 4.96. The standard InChI is InChI=1S/C25H23N3O/c1-25(2)14-20-22(21(29)15-25)24(23(28-20)17-10-12-26-13-11-17)27-19-9-5-7-16-6-3-4-8-18(16)19/h3-13,27-28H,14-15H2,1-2H3. The maximum Gasteiger partial charge on any atom is 0.167 e. The number of nitrogens with one attached hydrogen (secondary N) is 2. The molecular formula is C25H23N3O. The van der Waals surface area contributed by atoms with Crippen LogP contribution in [0.4, 0.5) is 11.4 Å². The van der Waals surface area contributed by atoms with E-state index in [4.69, 9.17) is 0 Å². The average Bonchev–Trinajstić information content (AvgIpc) is 3.06. The largest absolute Gasteiger partial charge is 0.356 e. The van der Waals surface area contributed by atoms with E-state index in [1.54, 1.807) is 12.4 Å². The van der Waals surface area contributed by atoms with Crippen LogP contribution in [0.2, 0.25) is 0 Å². The highest BCUT2D eigenvalue weighted by atomic mass is 16.1. The lowest BCUT2D eigenvalue weighted by atomic mass is 9.76. The molecule has 0 unspecified atom stereocenters. The number of Topliss-reactive ketones (excluding diaryl/α,β-unsaturated/α-hetero) is 1. The SMILES string of the molecule is CC1(C)CC(=O)c2c([nH]c(-c3ccncc3)c2Nc2cccc3ccccc23)C1. The Morgan fingerprint density at radius 1 is 0.966 bits per heavy atom. The normalized spacial score (nSPS) is 15.3. The monoisotopic (exact) mass is 381 g/mol. The van der Waals surface area contributed by atoms with Crippen molar-refractivity contribution in [1.29, 1.82) is 0 Å². The Hall–Kier alpha value is -3.40. The van der Waals surface area contributed by atoms with Crippen LogP contribution in [-0.2, 0) is 6.42 Å². The number of benzene rings is 2. The number of aromatic nitrogens is 2. The summed E-state index contributed by atoms with van der Waals surface area (Å²) in [6.45, 7) is 4.30. The van der Waals surface area contributed by atoms with Crippen LogP contribution >= 0.6 is 0 Å². The molecule has 0 amide bonds. The fourth-order valence-corrected chi connectivity index (χ4v) is 4.39. The zero-order chi connectivity index (χ0) is 20.0. The molecule has 0 aliphatic heterocycles. The van der Waals surface area contributed by atoms with Crippen LogP contribution in [0.3, 0.4) is 0 Å². The first-order valence-corrected chi connectivity index (χ1v) is 9.95. The quantitative estimate of drug-likeness (QED) is 0.449. The van der Waals surface area contributed by atoms with Gasteiger partial charge in [-0.3, -0.25) is 9.78 Å². The van der Waals surface area contributed by atoms with E-state index >= 15 is 0 Å². The molecule has 4 aromatic rings. The molecule has 2 N–H and O–H groups in total. The highest BCUT2D eigenvalue weighted by Crippen LogP contribution is 2.43. The number of fused-ring (bicyclic) bond motifs is 2. The first-order valence-electron chi connectivity index (χ1n) is 9.95. The Morgan fingerprint density at radius 3 is 2.55 bits per heavy atom. The predicted molar refractivity (Wildman–Crippen MR) is 118 cm³/mol. The van der Waals surface area contributed by atoms with Crippen molar-refractivity contribution < 1.29 is 4.79 Å². The number of carbonyl (C=O) groups is 1. The molecule has 0 atom stereocenters. The van der Waals surface area contributed by atoms with E-state index in [9.17, 15) is 4.79 Å². The molecule has 2 aromatic carbocycles. The summed E-state index contributed by atoms with van der Waals surface area (Å²) >= 11 is 0. The van der Waals surface area contributed by atoms with Gasteiger partial charge in [-0.15, -0.1) is 0 Å². The van der Waals surface area contributed by atoms with Gasteiger partial charge in [0.25, 0.3) is 0 Å². The van der Waals surface area contributed by atoms with Crippen molar-refractivity contribution in [2.75, 3.05) is 5.32 Å².